The molecule has 0 unspecified atom stereocenters. The molecule has 0 spiro atoms. The molecule has 180 valence electrons. The van der Waals surface area contributed by atoms with Crippen LogP contribution in [0.25, 0.3) is 0 Å². The lowest BCUT2D eigenvalue weighted by molar-refractivity contribution is -0.128. The third-order valence-electron chi connectivity index (χ3n) is 5.80. The summed E-state index contributed by atoms with van der Waals surface area (Å²) in [6.07, 6.45) is 0. The third kappa shape index (κ3) is 5.78. The monoisotopic (exact) mass is 530 g/mol. The summed E-state index contributed by atoms with van der Waals surface area (Å²) in [6.45, 7) is 0.520. The molecule has 0 aliphatic carbocycles. The second-order valence-corrected chi connectivity index (χ2v) is 10.9. The molecule has 1 saturated heterocycles. The first-order valence-electron chi connectivity index (χ1n) is 11.5. The van der Waals surface area contributed by atoms with Gasteiger partial charge in [0.25, 0.3) is 5.91 Å². The summed E-state index contributed by atoms with van der Waals surface area (Å²) >= 11 is 9.21. The number of nitrogens with zero attached hydrogens (tertiary/aromatic N) is 1. The van der Waals surface area contributed by atoms with Crippen LogP contribution in [0.4, 0.5) is 5.69 Å². The molecule has 4 aromatic carbocycles. The van der Waals surface area contributed by atoms with Gasteiger partial charge in [-0.3, -0.25) is 9.59 Å². The number of hydrogen-bond acceptors (Lipinski definition) is 4. The molecule has 2 amide bonds. The molecule has 7 heteroatoms. The number of nitrogens with one attached hydrogen (secondary N) is 1. The fraction of sp³-hybridized carbons (Fsp3) is 0.103. The zero-order chi connectivity index (χ0) is 24.9. The highest BCUT2D eigenvalue weighted by atomic mass is 35.5. The molecule has 1 aliphatic rings. The molecule has 0 saturated carbocycles. The Hall–Kier alpha value is -3.19. The van der Waals surface area contributed by atoms with E-state index < -0.39 is 0 Å². The van der Waals surface area contributed by atoms with Crippen LogP contribution in [0.5, 0.6) is 0 Å². The van der Waals surface area contributed by atoms with Gasteiger partial charge in [-0.15, -0.1) is 11.8 Å². The highest BCUT2D eigenvalue weighted by Gasteiger charge is 2.32. The van der Waals surface area contributed by atoms with Gasteiger partial charge in [-0.1, -0.05) is 78.0 Å². The summed E-state index contributed by atoms with van der Waals surface area (Å²) in [6, 6.07) is 32.9. The lowest BCUT2D eigenvalue weighted by Crippen LogP contribution is -2.27. The van der Waals surface area contributed by atoms with Crippen molar-refractivity contribution in [2.75, 3.05) is 11.1 Å². The molecular formula is C29H23ClN2O2S2. The number of amides is 2. The molecule has 0 radical (unpaired) electrons. The smallest absolute Gasteiger partial charge is 0.255 e. The van der Waals surface area contributed by atoms with E-state index in [4.69, 9.17) is 11.6 Å². The SMILES string of the molecule is O=C(Nc1ccccc1Sc1ccccc1)c1ccc([C@H]2SCC(=O)N2Cc2ccc(Cl)cc2)cc1. The van der Waals surface area contributed by atoms with Crippen molar-refractivity contribution in [3.05, 3.63) is 125 Å². The summed E-state index contributed by atoms with van der Waals surface area (Å²) < 4.78 is 0. The lowest BCUT2D eigenvalue weighted by Gasteiger charge is -2.24. The molecule has 1 aliphatic heterocycles. The van der Waals surface area contributed by atoms with E-state index in [2.05, 4.69) is 5.32 Å². The van der Waals surface area contributed by atoms with Crippen LogP contribution in [-0.2, 0) is 11.3 Å². The lowest BCUT2D eigenvalue weighted by atomic mass is 10.1. The van der Waals surface area contributed by atoms with Gasteiger partial charge in [-0.2, -0.15) is 0 Å². The van der Waals surface area contributed by atoms with Crippen LogP contribution in [0.1, 0.15) is 26.9 Å². The molecule has 0 aromatic heterocycles. The van der Waals surface area contributed by atoms with Crippen LogP contribution in [0.3, 0.4) is 0 Å². The number of hydrogen-bond donors (Lipinski definition) is 1. The van der Waals surface area contributed by atoms with Gasteiger partial charge in [-0.05, 0) is 59.7 Å². The van der Waals surface area contributed by atoms with E-state index in [0.717, 1.165) is 26.6 Å². The standard InChI is InChI=1S/C29H23ClN2O2S2/c30-23-16-10-20(11-17-23)18-32-27(33)19-35-29(32)22-14-12-21(13-15-22)28(34)31-25-8-4-5-9-26(25)36-24-6-2-1-3-7-24/h1-17,29H,18-19H2,(H,31,34)/t29-/m1/s1. The topological polar surface area (TPSA) is 49.4 Å². The van der Waals surface area contributed by atoms with Gasteiger partial charge in [0.05, 0.1) is 11.4 Å². The van der Waals surface area contributed by atoms with E-state index in [1.807, 2.05) is 108 Å². The van der Waals surface area contributed by atoms with E-state index in [9.17, 15) is 9.59 Å². The number of para-hydroxylation sites is 1. The molecule has 1 fully saturated rings. The van der Waals surface area contributed by atoms with Gasteiger partial charge >= 0.3 is 0 Å². The first-order chi connectivity index (χ1) is 17.6. The van der Waals surface area contributed by atoms with E-state index in [1.165, 1.54) is 0 Å². The summed E-state index contributed by atoms with van der Waals surface area (Å²) in [5.74, 6) is 0.376. The highest BCUT2D eigenvalue weighted by molar-refractivity contribution is 8.00. The van der Waals surface area contributed by atoms with Crippen molar-refractivity contribution in [1.29, 1.82) is 0 Å². The largest absolute Gasteiger partial charge is 0.322 e. The minimum Gasteiger partial charge on any atom is -0.322 e. The van der Waals surface area contributed by atoms with Gasteiger partial charge in [0.15, 0.2) is 0 Å². The first kappa shape index (κ1) is 24.5. The number of carbonyl (C=O) groups excluding carboxylic acids is 2. The van der Waals surface area contributed by atoms with Crippen LogP contribution in [0.2, 0.25) is 5.02 Å². The predicted octanol–water partition coefficient (Wildman–Crippen LogP) is 7.52. The zero-order valence-corrected chi connectivity index (χ0v) is 21.7. The Morgan fingerprint density at radius 2 is 1.61 bits per heavy atom. The van der Waals surface area contributed by atoms with Crippen molar-refractivity contribution >= 4 is 52.6 Å². The van der Waals surface area contributed by atoms with Gasteiger partial charge in [0, 0.05) is 26.9 Å². The maximum absolute atomic E-state index is 13.0. The molecular weight excluding hydrogens is 508 g/mol. The maximum atomic E-state index is 13.0. The first-order valence-corrected chi connectivity index (χ1v) is 13.7. The molecule has 5 rings (SSSR count). The average molecular weight is 531 g/mol. The Labute approximate surface area is 224 Å². The second-order valence-electron chi connectivity index (χ2n) is 8.30. The van der Waals surface area contributed by atoms with Gasteiger partial charge in [0.1, 0.15) is 5.37 Å². The second kappa shape index (κ2) is 11.2. The minimum atomic E-state index is -0.171. The van der Waals surface area contributed by atoms with Crippen LogP contribution in [-0.4, -0.2) is 22.5 Å². The minimum absolute atomic E-state index is 0.0895. The molecule has 36 heavy (non-hydrogen) atoms. The molecule has 1 atom stereocenters. The predicted molar refractivity (Wildman–Crippen MR) is 149 cm³/mol. The normalized spacial score (nSPS) is 15.2. The van der Waals surface area contributed by atoms with Crippen molar-refractivity contribution in [2.24, 2.45) is 0 Å². The molecule has 4 aromatic rings. The van der Waals surface area contributed by atoms with Crippen molar-refractivity contribution in [3.63, 3.8) is 0 Å². The molecule has 0 bridgehead atoms. The summed E-state index contributed by atoms with van der Waals surface area (Å²) in [4.78, 5) is 29.6. The van der Waals surface area contributed by atoms with E-state index in [1.54, 1.807) is 23.5 Å². The fourth-order valence-corrected chi connectivity index (χ4v) is 6.19. The van der Waals surface area contributed by atoms with Gasteiger partial charge < -0.3 is 10.2 Å². The number of thioether (sulfide) groups is 1. The summed E-state index contributed by atoms with van der Waals surface area (Å²) in [5, 5.41) is 3.63. The summed E-state index contributed by atoms with van der Waals surface area (Å²) in [5.41, 5.74) is 3.36. The third-order valence-corrected chi connectivity index (χ3v) is 8.39. The average Bonchev–Trinajstić information content (AvgIpc) is 3.27. The fourth-order valence-electron chi connectivity index (χ4n) is 3.96. The zero-order valence-electron chi connectivity index (χ0n) is 19.3. The Morgan fingerprint density at radius 3 is 2.36 bits per heavy atom. The van der Waals surface area contributed by atoms with Gasteiger partial charge in [0.2, 0.25) is 5.91 Å². The number of rotatable bonds is 7. The number of halogens is 1. The quantitative estimate of drug-likeness (QED) is 0.268. The Bertz CT molecular complexity index is 1360. The molecule has 1 heterocycles. The Morgan fingerprint density at radius 1 is 0.917 bits per heavy atom. The summed E-state index contributed by atoms with van der Waals surface area (Å²) in [7, 11) is 0. The van der Waals surface area contributed by atoms with E-state index in [-0.39, 0.29) is 17.2 Å². The Balaban J connectivity index is 1.28. The van der Waals surface area contributed by atoms with Crippen molar-refractivity contribution < 1.29 is 9.59 Å². The van der Waals surface area contributed by atoms with E-state index in [0.29, 0.717) is 22.9 Å². The number of benzene rings is 4. The van der Waals surface area contributed by atoms with E-state index >= 15 is 0 Å². The molecule has 1 N–H and O–H groups in total. The molecule has 4 nitrogen and oxygen atoms in total. The number of carbonyl (C=O) groups is 2. The van der Waals surface area contributed by atoms with Crippen LogP contribution >= 0.6 is 35.1 Å². The van der Waals surface area contributed by atoms with Crippen LogP contribution in [0, 0.1) is 0 Å². The van der Waals surface area contributed by atoms with Crippen LogP contribution < -0.4 is 5.32 Å². The van der Waals surface area contributed by atoms with Crippen molar-refractivity contribution in [2.45, 2.75) is 21.7 Å². The van der Waals surface area contributed by atoms with Gasteiger partial charge in [-0.25, -0.2) is 0 Å². The van der Waals surface area contributed by atoms with Crippen molar-refractivity contribution in [3.8, 4) is 0 Å². The van der Waals surface area contributed by atoms with Crippen LogP contribution in [0.15, 0.2) is 113 Å². The Kier molecular flexibility index (Phi) is 7.66. The highest BCUT2D eigenvalue weighted by Crippen LogP contribution is 2.40. The maximum Gasteiger partial charge on any atom is 0.255 e. The number of anilines is 1. The van der Waals surface area contributed by atoms with Crippen molar-refractivity contribution in [1.82, 2.24) is 4.90 Å².